The number of rotatable bonds is 4. The predicted octanol–water partition coefficient (Wildman–Crippen LogP) is 4.37. The fourth-order valence-corrected chi connectivity index (χ4v) is 4.03. The molecule has 0 aliphatic carbocycles. The summed E-state index contributed by atoms with van der Waals surface area (Å²) < 4.78 is 0. The third-order valence-electron chi connectivity index (χ3n) is 4.37. The lowest BCUT2D eigenvalue weighted by Gasteiger charge is -2.23. The summed E-state index contributed by atoms with van der Waals surface area (Å²) in [6.45, 7) is 5.91. The van der Waals surface area contributed by atoms with Gasteiger partial charge in [0.2, 0.25) is 5.91 Å². The first-order chi connectivity index (χ1) is 11.5. The van der Waals surface area contributed by atoms with Crippen molar-refractivity contribution in [1.29, 1.82) is 0 Å². The van der Waals surface area contributed by atoms with Crippen molar-refractivity contribution in [2.75, 3.05) is 13.1 Å². The van der Waals surface area contributed by atoms with Gasteiger partial charge in [-0.3, -0.25) is 4.79 Å². The van der Waals surface area contributed by atoms with E-state index in [9.17, 15) is 4.79 Å². The van der Waals surface area contributed by atoms with Crippen molar-refractivity contribution in [2.24, 2.45) is 5.92 Å². The molecule has 1 aliphatic rings. The maximum atomic E-state index is 12.4. The van der Waals surface area contributed by atoms with Gasteiger partial charge in [0.25, 0.3) is 0 Å². The van der Waals surface area contributed by atoms with Gasteiger partial charge in [0.1, 0.15) is 5.01 Å². The van der Waals surface area contributed by atoms with Crippen LogP contribution in [0, 0.1) is 12.8 Å². The average molecular weight is 400 g/mol. The summed E-state index contributed by atoms with van der Waals surface area (Å²) in [5.74, 6) is 0.260. The first-order valence-corrected chi connectivity index (χ1v) is 9.48. The van der Waals surface area contributed by atoms with Gasteiger partial charge < -0.3 is 10.6 Å². The van der Waals surface area contributed by atoms with Crippen LogP contribution in [0.25, 0.3) is 11.3 Å². The van der Waals surface area contributed by atoms with Crippen LogP contribution in [0.15, 0.2) is 24.3 Å². The molecule has 1 fully saturated rings. The molecule has 0 saturated carbocycles. The third kappa shape index (κ3) is 4.94. The molecule has 0 radical (unpaired) electrons. The van der Waals surface area contributed by atoms with E-state index in [0.29, 0.717) is 0 Å². The van der Waals surface area contributed by atoms with Crippen LogP contribution in [0.2, 0.25) is 5.02 Å². The Bertz CT molecular complexity index is 712. The number of nitrogens with zero attached hydrogens (tertiary/aromatic N) is 1. The summed E-state index contributed by atoms with van der Waals surface area (Å²) in [6.07, 6.45) is 1.82. The zero-order valence-electron chi connectivity index (χ0n) is 14.3. The Morgan fingerprint density at radius 1 is 1.32 bits per heavy atom. The molecule has 25 heavy (non-hydrogen) atoms. The van der Waals surface area contributed by atoms with Gasteiger partial charge in [-0.25, -0.2) is 4.98 Å². The second kappa shape index (κ2) is 8.99. The van der Waals surface area contributed by atoms with E-state index in [2.05, 4.69) is 17.6 Å². The van der Waals surface area contributed by atoms with Gasteiger partial charge in [0, 0.05) is 21.4 Å². The molecule has 2 aromatic rings. The van der Waals surface area contributed by atoms with Crippen LogP contribution in [0.3, 0.4) is 0 Å². The molecule has 1 aromatic heterocycles. The quantitative estimate of drug-likeness (QED) is 0.801. The number of hydrogen-bond acceptors (Lipinski definition) is 4. The highest BCUT2D eigenvalue weighted by atomic mass is 35.5. The summed E-state index contributed by atoms with van der Waals surface area (Å²) in [4.78, 5) is 18.3. The number of benzene rings is 1. The van der Waals surface area contributed by atoms with Crippen molar-refractivity contribution >= 4 is 41.3 Å². The van der Waals surface area contributed by atoms with Crippen molar-refractivity contribution in [3.8, 4) is 11.3 Å². The Hall–Kier alpha value is -1.14. The molecule has 0 spiro atoms. The van der Waals surface area contributed by atoms with Crippen molar-refractivity contribution in [1.82, 2.24) is 15.6 Å². The average Bonchev–Trinajstić information content (AvgIpc) is 2.98. The van der Waals surface area contributed by atoms with Crippen LogP contribution < -0.4 is 10.6 Å². The van der Waals surface area contributed by atoms with Crippen molar-refractivity contribution < 1.29 is 4.79 Å². The molecule has 3 rings (SSSR count). The number of hydrogen-bond donors (Lipinski definition) is 2. The maximum Gasteiger partial charge on any atom is 0.223 e. The van der Waals surface area contributed by atoms with Gasteiger partial charge >= 0.3 is 0 Å². The molecule has 1 amide bonds. The molecule has 1 aliphatic heterocycles. The Balaban J connectivity index is 0.00000225. The number of amides is 1. The largest absolute Gasteiger partial charge is 0.347 e. The van der Waals surface area contributed by atoms with E-state index in [-0.39, 0.29) is 30.3 Å². The van der Waals surface area contributed by atoms with Crippen LogP contribution in [-0.2, 0) is 4.79 Å². The number of aromatic nitrogens is 1. The minimum atomic E-state index is -0.0721. The Kier molecular flexibility index (Phi) is 7.25. The Morgan fingerprint density at radius 3 is 2.60 bits per heavy atom. The van der Waals surface area contributed by atoms with Crippen LogP contribution in [0.5, 0.6) is 0 Å². The van der Waals surface area contributed by atoms with E-state index in [1.165, 1.54) is 0 Å². The van der Waals surface area contributed by atoms with Gasteiger partial charge in [-0.1, -0.05) is 23.7 Å². The number of carbonyl (C=O) groups excluding carboxylic acids is 1. The monoisotopic (exact) mass is 399 g/mol. The highest BCUT2D eigenvalue weighted by Crippen LogP contribution is 2.31. The highest BCUT2D eigenvalue weighted by Gasteiger charge is 2.24. The van der Waals surface area contributed by atoms with E-state index in [1.54, 1.807) is 11.3 Å². The summed E-state index contributed by atoms with van der Waals surface area (Å²) in [7, 11) is 0. The van der Waals surface area contributed by atoms with Gasteiger partial charge in [-0.05, 0) is 51.9 Å². The van der Waals surface area contributed by atoms with E-state index >= 15 is 0 Å². The van der Waals surface area contributed by atoms with Crippen LogP contribution in [-0.4, -0.2) is 24.0 Å². The fourth-order valence-electron chi connectivity index (χ4n) is 2.95. The standard InChI is InChI=1S/C18H22ClN3OS.ClH/c1-11(21-17(23)14-7-9-20-10-8-14)18-22-16(12(2)24-18)13-3-5-15(19)6-4-13;/h3-6,11,14,20H,7-10H2,1-2H3,(H,21,23);1H. The van der Waals surface area contributed by atoms with Crippen molar-refractivity contribution in [3.05, 3.63) is 39.2 Å². The number of halogens is 2. The number of aryl methyl sites for hydroxylation is 1. The molecular formula is C18H23Cl2N3OS. The first-order valence-electron chi connectivity index (χ1n) is 8.29. The summed E-state index contributed by atoms with van der Waals surface area (Å²) >= 11 is 7.59. The minimum Gasteiger partial charge on any atom is -0.347 e. The fraction of sp³-hybridized carbons (Fsp3) is 0.444. The molecule has 1 aromatic carbocycles. The molecule has 136 valence electrons. The molecule has 1 unspecified atom stereocenters. The SMILES string of the molecule is Cc1sc(C(C)NC(=O)C2CCNCC2)nc1-c1ccc(Cl)cc1.Cl. The normalized spacial score (nSPS) is 16.1. The number of thiazole rings is 1. The second-order valence-electron chi connectivity index (χ2n) is 6.22. The smallest absolute Gasteiger partial charge is 0.223 e. The molecule has 2 N–H and O–H groups in total. The van der Waals surface area contributed by atoms with Gasteiger partial charge in [-0.2, -0.15) is 0 Å². The lowest BCUT2D eigenvalue weighted by atomic mass is 9.97. The number of nitrogens with one attached hydrogen (secondary N) is 2. The topological polar surface area (TPSA) is 54.0 Å². The van der Waals surface area contributed by atoms with Gasteiger partial charge in [-0.15, -0.1) is 23.7 Å². The summed E-state index contributed by atoms with van der Waals surface area (Å²) in [6, 6.07) is 7.63. The van der Waals surface area contributed by atoms with Crippen molar-refractivity contribution in [3.63, 3.8) is 0 Å². The number of carbonyl (C=O) groups is 1. The minimum absolute atomic E-state index is 0. The summed E-state index contributed by atoms with van der Waals surface area (Å²) in [5.41, 5.74) is 2.02. The van der Waals surface area contributed by atoms with Crippen LogP contribution in [0.1, 0.15) is 35.7 Å². The van der Waals surface area contributed by atoms with Gasteiger partial charge in [0.15, 0.2) is 0 Å². The predicted molar refractivity (Wildman–Crippen MR) is 107 cm³/mol. The first kappa shape index (κ1) is 20.2. The maximum absolute atomic E-state index is 12.4. The van der Waals surface area contributed by atoms with Gasteiger partial charge in [0.05, 0.1) is 11.7 Å². The Labute approximate surface area is 163 Å². The molecule has 1 atom stereocenters. The molecule has 4 nitrogen and oxygen atoms in total. The second-order valence-corrected chi connectivity index (χ2v) is 7.89. The number of piperidine rings is 1. The van der Waals surface area contributed by atoms with E-state index < -0.39 is 0 Å². The molecule has 0 bridgehead atoms. The zero-order chi connectivity index (χ0) is 17.1. The lowest BCUT2D eigenvalue weighted by Crippen LogP contribution is -2.39. The van der Waals surface area contributed by atoms with Crippen LogP contribution >= 0.6 is 35.3 Å². The molecule has 7 heteroatoms. The molecular weight excluding hydrogens is 377 g/mol. The van der Waals surface area contributed by atoms with Crippen LogP contribution in [0.4, 0.5) is 0 Å². The lowest BCUT2D eigenvalue weighted by molar-refractivity contribution is -0.126. The van der Waals surface area contributed by atoms with Crippen molar-refractivity contribution in [2.45, 2.75) is 32.7 Å². The molecule has 1 saturated heterocycles. The third-order valence-corrected chi connectivity index (χ3v) is 5.78. The highest BCUT2D eigenvalue weighted by molar-refractivity contribution is 7.12. The van der Waals surface area contributed by atoms with E-state index in [0.717, 1.165) is 52.1 Å². The molecule has 2 heterocycles. The van der Waals surface area contributed by atoms with E-state index in [1.807, 2.05) is 31.2 Å². The zero-order valence-corrected chi connectivity index (χ0v) is 16.7. The Morgan fingerprint density at radius 2 is 1.96 bits per heavy atom. The van der Waals surface area contributed by atoms with E-state index in [4.69, 9.17) is 16.6 Å². The summed E-state index contributed by atoms with van der Waals surface area (Å²) in [5, 5.41) is 8.08.